The third-order valence-electron chi connectivity index (χ3n) is 7.48. The molecule has 1 saturated heterocycles. The third-order valence-corrected chi connectivity index (χ3v) is 7.48. The molecular formula is C32H36N4O4. The van der Waals surface area contributed by atoms with E-state index in [9.17, 15) is 15.0 Å². The maximum atomic E-state index is 11.2. The van der Waals surface area contributed by atoms with Crippen LogP contribution in [0.25, 0.3) is 22.4 Å². The topological polar surface area (TPSA) is 102 Å². The Hall–Kier alpha value is -4.30. The average molecular weight is 541 g/mol. The van der Waals surface area contributed by atoms with Gasteiger partial charge in [-0.05, 0) is 41.2 Å². The Labute approximate surface area is 234 Å². The highest BCUT2D eigenvalue weighted by Gasteiger charge is 2.22. The van der Waals surface area contributed by atoms with Gasteiger partial charge in [0.2, 0.25) is 0 Å². The highest BCUT2D eigenvalue weighted by Crippen LogP contribution is 2.42. The number of hydrogen-bond acceptors (Lipinski definition) is 5. The molecule has 1 aromatic heterocycles. The van der Waals surface area contributed by atoms with E-state index >= 15 is 0 Å². The van der Waals surface area contributed by atoms with Gasteiger partial charge in [-0.15, -0.1) is 0 Å². The lowest BCUT2D eigenvalue weighted by atomic mass is 9.93. The Bertz CT molecular complexity index is 1460. The van der Waals surface area contributed by atoms with Crippen LogP contribution in [0.3, 0.4) is 0 Å². The fourth-order valence-electron chi connectivity index (χ4n) is 5.20. The first-order chi connectivity index (χ1) is 19.3. The van der Waals surface area contributed by atoms with Gasteiger partial charge in [0.05, 0.1) is 0 Å². The van der Waals surface area contributed by atoms with Crippen LogP contribution in [0.4, 0.5) is 4.79 Å². The summed E-state index contributed by atoms with van der Waals surface area (Å²) in [6.07, 6.45) is -0.851. The molecule has 0 atom stereocenters. The number of nitrogens with zero attached hydrogens (tertiary/aromatic N) is 3. The summed E-state index contributed by atoms with van der Waals surface area (Å²) in [4.78, 5) is 14.9. The van der Waals surface area contributed by atoms with Crippen molar-refractivity contribution < 1.29 is 19.7 Å². The molecule has 3 N–H and O–H groups in total. The standard InChI is InChI=1S/C32H36N4O4/c1-21(2)26-17-27(28(37)18-29(26)40-20-24-7-5-4-6-8-24)31-30(22(3)33-34-31)25-11-9-23(10-12-25)19-35-13-15-36(16-14-35)32(38)39/h4-12,17-18,21,37H,13-16,19-20H2,1-3H3,(H,33,34)(H,38,39). The van der Waals surface area contributed by atoms with Crippen LogP contribution in [-0.2, 0) is 13.2 Å². The van der Waals surface area contributed by atoms with Crippen LogP contribution in [0.5, 0.6) is 11.5 Å². The van der Waals surface area contributed by atoms with Crippen LogP contribution in [0.15, 0.2) is 66.7 Å². The van der Waals surface area contributed by atoms with Gasteiger partial charge in [0.25, 0.3) is 0 Å². The number of benzene rings is 3. The minimum Gasteiger partial charge on any atom is -0.507 e. The first kappa shape index (κ1) is 27.3. The summed E-state index contributed by atoms with van der Waals surface area (Å²) >= 11 is 0. The maximum absolute atomic E-state index is 11.2. The summed E-state index contributed by atoms with van der Waals surface area (Å²) in [6.45, 7) is 9.92. The number of amides is 1. The largest absolute Gasteiger partial charge is 0.507 e. The van der Waals surface area contributed by atoms with Crippen molar-refractivity contribution in [3.63, 3.8) is 0 Å². The first-order valence-corrected chi connectivity index (χ1v) is 13.7. The third kappa shape index (κ3) is 5.97. The van der Waals surface area contributed by atoms with E-state index in [1.165, 1.54) is 10.5 Å². The van der Waals surface area contributed by atoms with Crippen molar-refractivity contribution in [2.24, 2.45) is 0 Å². The van der Waals surface area contributed by atoms with Gasteiger partial charge in [-0.2, -0.15) is 5.10 Å². The summed E-state index contributed by atoms with van der Waals surface area (Å²) in [5.74, 6) is 0.977. The number of ether oxygens (including phenoxy) is 1. The van der Waals surface area contributed by atoms with Gasteiger partial charge in [0.1, 0.15) is 23.8 Å². The summed E-state index contributed by atoms with van der Waals surface area (Å²) in [7, 11) is 0. The zero-order valence-electron chi connectivity index (χ0n) is 23.2. The van der Waals surface area contributed by atoms with E-state index in [-0.39, 0.29) is 11.7 Å². The second kappa shape index (κ2) is 11.8. The number of aromatic nitrogens is 2. The van der Waals surface area contributed by atoms with Crippen molar-refractivity contribution in [3.8, 4) is 33.9 Å². The molecule has 3 aromatic carbocycles. The molecule has 1 aliphatic rings. The van der Waals surface area contributed by atoms with Crippen molar-refractivity contribution in [1.29, 1.82) is 0 Å². The summed E-state index contributed by atoms with van der Waals surface area (Å²) in [6, 6.07) is 22.1. The molecule has 1 amide bonds. The zero-order chi connectivity index (χ0) is 28.2. The second-order valence-corrected chi connectivity index (χ2v) is 10.7. The first-order valence-electron chi connectivity index (χ1n) is 13.7. The number of phenolic OH excluding ortho intramolecular Hbond substituents is 1. The van der Waals surface area contributed by atoms with E-state index < -0.39 is 6.09 Å². The fraction of sp³-hybridized carbons (Fsp3) is 0.312. The lowest BCUT2D eigenvalue weighted by Crippen LogP contribution is -2.47. The Kier molecular flexibility index (Phi) is 8.07. The number of piperazine rings is 1. The van der Waals surface area contributed by atoms with Crippen LogP contribution >= 0.6 is 0 Å². The van der Waals surface area contributed by atoms with Gasteiger partial charge in [-0.3, -0.25) is 10.00 Å². The Morgan fingerprint density at radius 3 is 2.35 bits per heavy atom. The van der Waals surface area contributed by atoms with E-state index in [1.807, 2.05) is 43.3 Å². The normalized spacial score (nSPS) is 14.1. The van der Waals surface area contributed by atoms with Gasteiger partial charge in [-0.25, -0.2) is 4.79 Å². The van der Waals surface area contributed by atoms with E-state index in [4.69, 9.17) is 4.74 Å². The molecule has 8 heteroatoms. The highest BCUT2D eigenvalue weighted by atomic mass is 16.5. The van der Waals surface area contributed by atoms with Crippen molar-refractivity contribution in [1.82, 2.24) is 20.0 Å². The molecule has 0 bridgehead atoms. The smallest absolute Gasteiger partial charge is 0.407 e. The van der Waals surface area contributed by atoms with Gasteiger partial charge >= 0.3 is 6.09 Å². The number of carbonyl (C=O) groups is 1. The molecular weight excluding hydrogens is 504 g/mol. The Morgan fingerprint density at radius 2 is 1.70 bits per heavy atom. The molecule has 208 valence electrons. The van der Waals surface area contributed by atoms with Crippen molar-refractivity contribution in [2.75, 3.05) is 26.2 Å². The number of aromatic amines is 1. The van der Waals surface area contributed by atoms with Crippen LogP contribution in [0.1, 0.15) is 42.1 Å². The number of aromatic hydroxyl groups is 1. The van der Waals surface area contributed by atoms with E-state index in [1.54, 1.807) is 6.07 Å². The van der Waals surface area contributed by atoms with Gasteiger partial charge in [-0.1, -0.05) is 68.4 Å². The Morgan fingerprint density at radius 1 is 1.00 bits per heavy atom. The molecule has 0 unspecified atom stereocenters. The van der Waals surface area contributed by atoms with E-state index in [0.717, 1.165) is 47.6 Å². The molecule has 0 saturated carbocycles. The number of carboxylic acid groups (broad SMARTS) is 1. The second-order valence-electron chi connectivity index (χ2n) is 10.7. The maximum Gasteiger partial charge on any atom is 0.407 e. The number of aryl methyl sites for hydroxylation is 1. The highest BCUT2D eigenvalue weighted by molar-refractivity contribution is 5.85. The molecule has 0 radical (unpaired) electrons. The van der Waals surface area contributed by atoms with Crippen LogP contribution in [0.2, 0.25) is 0 Å². The van der Waals surface area contributed by atoms with Crippen LogP contribution < -0.4 is 4.74 Å². The minimum absolute atomic E-state index is 0.123. The quantitative estimate of drug-likeness (QED) is 0.244. The minimum atomic E-state index is -0.851. The van der Waals surface area contributed by atoms with E-state index in [2.05, 4.69) is 53.2 Å². The van der Waals surface area contributed by atoms with E-state index in [0.29, 0.717) is 36.7 Å². The number of nitrogens with one attached hydrogen (secondary N) is 1. The SMILES string of the molecule is Cc1[nH]nc(-c2cc(C(C)C)c(OCc3ccccc3)cc2O)c1-c1ccc(CN2CCN(C(=O)O)CC2)cc1. The number of hydrogen-bond donors (Lipinski definition) is 3. The summed E-state index contributed by atoms with van der Waals surface area (Å²) in [5.41, 5.74) is 7.48. The Balaban J connectivity index is 1.37. The molecule has 1 fully saturated rings. The number of H-pyrrole nitrogens is 1. The van der Waals surface area contributed by atoms with Crippen LogP contribution in [0, 0.1) is 6.92 Å². The van der Waals surface area contributed by atoms with Gasteiger partial charge in [0.15, 0.2) is 0 Å². The molecule has 40 heavy (non-hydrogen) atoms. The molecule has 0 aliphatic carbocycles. The lowest BCUT2D eigenvalue weighted by Gasteiger charge is -2.33. The fourth-order valence-corrected chi connectivity index (χ4v) is 5.20. The van der Waals surface area contributed by atoms with Gasteiger partial charge in [0, 0.05) is 55.6 Å². The molecule has 4 aromatic rings. The van der Waals surface area contributed by atoms with Crippen LogP contribution in [-0.4, -0.2) is 62.5 Å². The molecule has 8 nitrogen and oxygen atoms in total. The summed E-state index contributed by atoms with van der Waals surface area (Å²) < 4.78 is 6.15. The van der Waals surface area contributed by atoms with Crippen molar-refractivity contribution in [3.05, 3.63) is 89.1 Å². The monoisotopic (exact) mass is 540 g/mol. The predicted molar refractivity (Wildman–Crippen MR) is 156 cm³/mol. The average Bonchev–Trinajstić information content (AvgIpc) is 3.34. The number of phenols is 1. The van der Waals surface area contributed by atoms with Crippen molar-refractivity contribution >= 4 is 6.09 Å². The zero-order valence-corrected chi connectivity index (χ0v) is 23.2. The number of rotatable bonds is 8. The molecule has 2 heterocycles. The lowest BCUT2D eigenvalue weighted by molar-refractivity contribution is 0.103. The molecule has 5 rings (SSSR count). The van der Waals surface area contributed by atoms with Gasteiger partial charge < -0.3 is 19.8 Å². The predicted octanol–water partition coefficient (Wildman–Crippen LogP) is 6.26. The van der Waals surface area contributed by atoms with Crippen molar-refractivity contribution in [2.45, 2.75) is 39.8 Å². The molecule has 1 aliphatic heterocycles. The molecule has 0 spiro atoms. The summed E-state index contributed by atoms with van der Waals surface area (Å²) in [5, 5.41) is 28.0.